The summed E-state index contributed by atoms with van der Waals surface area (Å²) in [4.78, 5) is 0. The van der Waals surface area contributed by atoms with Gasteiger partial charge in [-0.05, 0) is 12.8 Å². The van der Waals surface area contributed by atoms with Crippen molar-refractivity contribution in [3.8, 4) is 0 Å². The zero-order valence-corrected chi connectivity index (χ0v) is 5.26. The molecule has 1 rings (SSSR count). The lowest BCUT2D eigenvalue weighted by Gasteiger charge is -2.04. The third-order valence-corrected chi connectivity index (χ3v) is 1.29. The number of nitrogens with zero attached hydrogens (tertiary/aromatic N) is 1. The first-order chi connectivity index (χ1) is 3.93. The molecule has 1 atom stereocenters. The second-order valence-corrected chi connectivity index (χ2v) is 1.97. The molecule has 2 heteroatoms. The summed E-state index contributed by atoms with van der Waals surface area (Å²) in [5, 5.41) is 4.20. The molecule has 0 aromatic heterocycles. The topological polar surface area (TPSA) is 23.3 Å². The first-order valence-corrected chi connectivity index (χ1v) is 3.21. The Balaban J connectivity index is 2.06. The van der Waals surface area contributed by atoms with Crippen LogP contribution in [0.4, 0.5) is 0 Å². The average Bonchev–Trinajstić information content (AvgIpc) is 2.19. The molecule has 0 saturated carbocycles. The van der Waals surface area contributed by atoms with E-state index in [9.17, 15) is 0 Å². The van der Waals surface area contributed by atoms with Gasteiger partial charge in [0, 0.05) is 13.2 Å². The van der Waals surface area contributed by atoms with Crippen LogP contribution in [0.1, 0.15) is 19.8 Å². The molecule has 1 radical (unpaired) electrons. The predicted molar refractivity (Wildman–Crippen MR) is 31.6 cm³/mol. The van der Waals surface area contributed by atoms with E-state index in [4.69, 9.17) is 4.74 Å². The number of rotatable bonds is 2. The highest BCUT2D eigenvalue weighted by Gasteiger charge is 2.13. The molecule has 1 aliphatic heterocycles. The van der Waals surface area contributed by atoms with Gasteiger partial charge in [-0.25, -0.2) is 5.32 Å². The Bertz CT molecular complexity index is 59.5. The highest BCUT2D eigenvalue weighted by molar-refractivity contribution is 4.59. The Morgan fingerprint density at radius 1 is 1.75 bits per heavy atom. The first kappa shape index (κ1) is 6.05. The van der Waals surface area contributed by atoms with Gasteiger partial charge in [0.1, 0.15) is 6.23 Å². The van der Waals surface area contributed by atoms with Gasteiger partial charge < -0.3 is 4.74 Å². The minimum absolute atomic E-state index is 0.236. The quantitative estimate of drug-likeness (QED) is 0.519. The maximum Gasteiger partial charge on any atom is 0.123 e. The summed E-state index contributed by atoms with van der Waals surface area (Å²) in [5.41, 5.74) is 0. The minimum atomic E-state index is 0.236. The fourth-order valence-electron chi connectivity index (χ4n) is 0.908. The van der Waals surface area contributed by atoms with Crippen LogP contribution in [0.15, 0.2) is 0 Å². The summed E-state index contributed by atoms with van der Waals surface area (Å²) >= 11 is 0. The summed E-state index contributed by atoms with van der Waals surface area (Å²) in [6, 6.07) is 0. The van der Waals surface area contributed by atoms with Crippen LogP contribution in [-0.2, 0) is 4.74 Å². The Morgan fingerprint density at radius 3 is 3.12 bits per heavy atom. The molecule has 2 nitrogen and oxygen atoms in total. The zero-order chi connectivity index (χ0) is 5.82. The Labute approximate surface area is 50.2 Å². The molecule has 0 N–H and O–H groups in total. The molecule has 0 spiro atoms. The van der Waals surface area contributed by atoms with Gasteiger partial charge in [0.2, 0.25) is 0 Å². The maximum atomic E-state index is 5.23. The molecule has 0 amide bonds. The highest BCUT2D eigenvalue weighted by Crippen LogP contribution is 2.08. The monoisotopic (exact) mass is 114 g/mol. The summed E-state index contributed by atoms with van der Waals surface area (Å²) in [5.74, 6) is 0. The molecule has 0 aromatic carbocycles. The van der Waals surface area contributed by atoms with E-state index in [0.29, 0.717) is 0 Å². The molecule has 1 saturated heterocycles. The van der Waals surface area contributed by atoms with E-state index in [1.165, 1.54) is 6.42 Å². The molecule has 8 heavy (non-hydrogen) atoms. The highest BCUT2D eigenvalue weighted by atomic mass is 16.5. The number of hydrogen-bond donors (Lipinski definition) is 0. The predicted octanol–water partition coefficient (Wildman–Crippen LogP) is 0.747. The Kier molecular flexibility index (Phi) is 2.30. The van der Waals surface area contributed by atoms with Crippen LogP contribution in [0, 0.1) is 0 Å². The van der Waals surface area contributed by atoms with E-state index in [0.717, 1.165) is 19.6 Å². The van der Waals surface area contributed by atoms with E-state index in [1.807, 2.05) is 6.92 Å². The summed E-state index contributed by atoms with van der Waals surface area (Å²) in [6.45, 7) is 3.85. The van der Waals surface area contributed by atoms with Crippen molar-refractivity contribution < 1.29 is 4.74 Å². The van der Waals surface area contributed by atoms with Gasteiger partial charge in [-0.1, -0.05) is 6.92 Å². The lowest BCUT2D eigenvalue weighted by atomic mass is 10.3. The molecule has 0 aliphatic carbocycles. The summed E-state index contributed by atoms with van der Waals surface area (Å²) in [6.07, 6.45) is 2.56. The minimum Gasteiger partial charge on any atom is -0.362 e. The molecule has 1 fully saturated rings. The van der Waals surface area contributed by atoms with Crippen LogP contribution in [0.5, 0.6) is 0 Å². The molecule has 1 unspecified atom stereocenters. The summed E-state index contributed by atoms with van der Waals surface area (Å²) in [7, 11) is 0. The van der Waals surface area contributed by atoms with E-state index >= 15 is 0 Å². The third kappa shape index (κ3) is 1.46. The van der Waals surface area contributed by atoms with E-state index in [-0.39, 0.29) is 6.23 Å². The van der Waals surface area contributed by atoms with Crippen molar-refractivity contribution in [1.82, 2.24) is 5.32 Å². The van der Waals surface area contributed by atoms with Crippen molar-refractivity contribution in [2.75, 3.05) is 13.2 Å². The second-order valence-electron chi connectivity index (χ2n) is 1.97. The van der Waals surface area contributed by atoms with Crippen molar-refractivity contribution in [2.45, 2.75) is 26.0 Å². The van der Waals surface area contributed by atoms with Crippen molar-refractivity contribution in [3.05, 3.63) is 0 Å². The number of ether oxygens (including phenoxy) is 1. The van der Waals surface area contributed by atoms with Gasteiger partial charge in [0.25, 0.3) is 0 Å². The molecule has 47 valence electrons. The molecule has 1 heterocycles. The van der Waals surface area contributed by atoms with Crippen molar-refractivity contribution in [1.29, 1.82) is 0 Å². The zero-order valence-electron chi connectivity index (χ0n) is 5.26. The Morgan fingerprint density at radius 2 is 2.62 bits per heavy atom. The lowest BCUT2D eigenvalue weighted by Crippen LogP contribution is -2.19. The first-order valence-electron chi connectivity index (χ1n) is 3.21. The largest absolute Gasteiger partial charge is 0.362 e. The van der Waals surface area contributed by atoms with Gasteiger partial charge in [-0.15, -0.1) is 0 Å². The van der Waals surface area contributed by atoms with Crippen LogP contribution in [0.25, 0.3) is 0 Å². The van der Waals surface area contributed by atoms with Gasteiger partial charge in [-0.2, -0.15) is 0 Å². The van der Waals surface area contributed by atoms with Gasteiger partial charge in [0.05, 0.1) is 0 Å². The average molecular weight is 114 g/mol. The third-order valence-electron chi connectivity index (χ3n) is 1.29. The van der Waals surface area contributed by atoms with Crippen LogP contribution in [0.3, 0.4) is 0 Å². The summed E-state index contributed by atoms with van der Waals surface area (Å²) < 4.78 is 5.23. The standard InChI is InChI=1S/C6H12NO/c1-2-7-6-4-3-5-8-6/h6H,2-5H2,1H3. The molecular formula is C6H12NO. The van der Waals surface area contributed by atoms with Gasteiger partial charge in [-0.3, -0.25) is 0 Å². The van der Waals surface area contributed by atoms with Crippen molar-refractivity contribution in [3.63, 3.8) is 0 Å². The smallest absolute Gasteiger partial charge is 0.123 e. The SMILES string of the molecule is CC[N]C1CCCO1. The fourth-order valence-corrected chi connectivity index (χ4v) is 0.908. The molecule has 0 aromatic rings. The van der Waals surface area contributed by atoms with Gasteiger partial charge in [0.15, 0.2) is 0 Å². The van der Waals surface area contributed by atoms with Crippen LogP contribution >= 0.6 is 0 Å². The number of hydrogen-bond acceptors (Lipinski definition) is 1. The fraction of sp³-hybridized carbons (Fsp3) is 1.00. The maximum absolute atomic E-state index is 5.23. The van der Waals surface area contributed by atoms with E-state index in [2.05, 4.69) is 5.32 Å². The molecular weight excluding hydrogens is 102 g/mol. The van der Waals surface area contributed by atoms with Crippen LogP contribution in [-0.4, -0.2) is 19.4 Å². The molecule has 0 bridgehead atoms. The lowest BCUT2D eigenvalue weighted by molar-refractivity contribution is 0.0828. The molecule has 1 aliphatic rings. The normalized spacial score (nSPS) is 28.9. The van der Waals surface area contributed by atoms with E-state index < -0.39 is 0 Å². The second kappa shape index (κ2) is 3.05. The van der Waals surface area contributed by atoms with E-state index in [1.54, 1.807) is 0 Å². The van der Waals surface area contributed by atoms with Gasteiger partial charge >= 0.3 is 0 Å². The van der Waals surface area contributed by atoms with Crippen LogP contribution < -0.4 is 5.32 Å². The Hall–Kier alpha value is -0.0800. The van der Waals surface area contributed by atoms with Crippen molar-refractivity contribution >= 4 is 0 Å². The van der Waals surface area contributed by atoms with Crippen LogP contribution in [0.2, 0.25) is 0 Å². The van der Waals surface area contributed by atoms with Crippen molar-refractivity contribution in [2.24, 2.45) is 0 Å².